The number of nitrogens with zero attached hydrogens (tertiary/aromatic N) is 1. The average Bonchev–Trinajstić information content (AvgIpc) is 2.13. The summed E-state index contributed by atoms with van der Waals surface area (Å²) in [6.07, 6.45) is 4.89. The molecule has 0 amide bonds. The molecular formula is C13H22NO+. The SMILES string of the molecule is CC[N+]#CC(C)=CC(C)(C=C(C)O)CC. The summed E-state index contributed by atoms with van der Waals surface area (Å²) in [6, 6.07) is 2.97. The van der Waals surface area contributed by atoms with E-state index < -0.39 is 0 Å². The van der Waals surface area contributed by atoms with Gasteiger partial charge in [0, 0.05) is 12.3 Å². The predicted molar refractivity (Wildman–Crippen MR) is 66.3 cm³/mol. The van der Waals surface area contributed by atoms with E-state index in [-0.39, 0.29) is 5.41 Å². The van der Waals surface area contributed by atoms with E-state index in [0.717, 1.165) is 18.5 Å². The minimum Gasteiger partial charge on any atom is -0.513 e. The van der Waals surface area contributed by atoms with E-state index in [9.17, 15) is 5.11 Å². The highest BCUT2D eigenvalue weighted by Crippen LogP contribution is 2.27. The average molecular weight is 208 g/mol. The van der Waals surface area contributed by atoms with E-state index in [1.165, 1.54) is 0 Å². The number of rotatable bonds is 3. The summed E-state index contributed by atoms with van der Waals surface area (Å²) in [5, 5.41) is 9.30. The van der Waals surface area contributed by atoms with Crippen LogP contribution in [0.1, 0.15) is 41.0 Å². The van der Waals surface area contributed by atoms with Gasteiger partial charge in [-0.25, -0.2) is 0 Å². The molecule has 0 bridgehead atoms. The number of hydrogen-bond acceptors (Lipinski definition) is 1. The molecule has 1 N–H and O–H groups in total. The largest absolute Gasteiger partial charge is 0.513 e. The minimum absolute atomic E-state index is 0.112. The normalized spacial score (nSPS) is 16.6. The molecule has 0 aliphatic rings. The number of allylic oxidation sites excluding steroid dienone is 4. The molecular weight excluding hydrogens is 186 g/mol. The zero-order chi connectivity index (χ0) is 11.9. The lowest BCUT2D eigenvalue weighted by Crippen LogP contribution is -2.09. The molecule has 2 nitrogen and oxygen atoms in total. The molecule has 0 aliphatic carbocycles. The van der Waals surface area contributed by atoms with Gasteiger partial charge in [0.15, 0.2) is 0 Å². The maximum absolute atomic E-state index is 9.30. The second-order valence-electron chi connectivity index (χ2n) is 4.06. The van der Waals surface area contributed by atoms with Crippen molar-refractivity contribution in [3.63, 3.8) is 0 Å². The first kappa shape index (κ1) is 13.8. The summed E-state index contributed by atoms with van der Waals surface area (Å²) in [5.74, 6) is 0.357. The van der Waals surface area contributed by atoms with Crippen molar-refractivity contribution in [2.45, 2.75) is 41.0 Å². The van der Waals surface area contributed by atoms with Crippen LogP contribution in [0.5, 0.6) is 0 Å². The Morgan fingerprint density at radius 2 is 1.93 bits per heavy atom. The van der Waals surface area contributed by atoms with Gasteiger partial charge in [0.25, 0.3) is 6.54 Å². The van der Waals surface area contributed by atoms with Gasteiger partial charge < -0.3 is 5.11 Å². The Kier molecular flexibility index (Phi) is 5.77. The molecule has 0 radical (unpaired) electrons. The molecule has 0 rings (SSSR count). The van der Waals surface area contributed by atoms with Crippen LogP contribution in [-0.4, -0.2) is 11.7 Å². The monoisotopic (exact) mass is 208 g/mol. The Labute approximate surface area is 93.1 Å². The van der Waals surface area contributed by atoms with Gasteiger partial charge in [-0.05, 0) is 26.3 Å². The van der Waals surface area contributed by atoms with Gasteiger partial charge in [0.1, 0.15) is 0 Å². The highest BCUT2D eigenvalue weighted by atomic mass is 16.3. The van der Waals surface area contributed by atoms with Crippen molar-refractivity contribution >= 4 is 0 Å². The first-order valence-corrected chi connectivity index (χ1v) is 5.44. The zero-order valence-electron chi connectivity index (χ0n) is 10.5. The molecule has 0 saturated carbocycles. The molecule has 84 valence electrons. The molecule has 2 heteroatoms. The summed E-state index contributed by atoms with van der Waals surface area (Å²) in [4.78, 5) is 4.07. The lowest BCUT2D eigenvalue weighted by Gasteiger charge is -2.19. The van der Waals surface area contributed by atoms with Crippen molar-refractivity contribution in [1.29, 1.82) is 0 Å². The second kappa shape index (κ2) is 6.29. The summed E-state index contributed by atoms with van der Waals surface area (Å²) >= 11 is 0. The van der Waals surface area contributed by atoms with E-state index in [4.69, 9.17) is 0 Å². The molecule has 0 aromatic rings. The molecule has 1 atom stereocenters. The van der Waals surface area contributed by atoms with Crippen LogP contribution >= 0.6 is 0 Å². The minimum atomic E-state index is -0.112. The fourth-order valence-electron chi connectivity index (χ4n) is 1.45. The molecule has 0 saturated heterocycles. The van der Waals surface area contributed by atoms with Crippen LogP contribution in [0.2, 0.25) is 0 Å². The Hall–Kier alpha value is -1.23. The summed E-state index contributed by atoms with van der Waals surface area (Å²) in [7, 11) is 0. The fourth-order valence-corrected chi connectivity index (χ4v) is 1.45. The van der Waals surface area contributed by atoms with Gasteiger partial charge in [-0.15, -0.1) is 0 Å². The van der Waals surface area contributed by atoms with Gasteiger partial charge >= 0.3 is 6.07 Å². The summed E-state index contributed by atoms with van der Waals surface area (Å²) < 4.78 is 0. The molecule has 0 aliphatic heterocycles. The first-order valence-electron chi connectivity index (χ1n) is 5.44. The van der Waals surface area contributed by atoms with Gasteiger partial charge in [0.05, 0.1) is 11.3 Å². The smallest absolute Gasteiger partial charge is 0.305 e. The maximum Gasteiger partial charge on any atom is 0.305 e. The molecule has 0 aromatic heterocycles. The van der Waals surface area contributed by atoms with Crippen molar-refractivity contribution in [3.8, 4) is 6.07 Å². The molecule has 0 aromatic carbocycles. The Morgan fingerprint density at radius 1 is 1.33 bits per heavy atom. The Bertz CT molecular complexity index is 313. The van der Waals surface area contributed by atoms with Gasteiger partial charge in [0.2, 0.25) is 0 Å². The fraction of sp³-hybridized carbons (Fsp3) is 0.615. The number of aliphatic hydroxyl groups is 1. The lowest BCUT2D eigenvalue weighted by atomic mass is 9.85. The second-order valence-corrected chi connectivity index (χ2v) is 4.06. The van der Waals surface area contributed by atoms with Crippen LogP contribution < -0.4 is 0 Å². The quantitative estimate of drug-likeness (QED) is 0.546. The molecule has 0 fully saturated rings. The van der Waals surface area contributed by atoms with Crippen molar-refractivity contribution in [2.75, 3.05) is 6.54 Å². The molecule has 0 spiro atoms. The van der Waals surface area contributed by atoms with Gasteiger partial charge in [-0.2, -0.15) is 0 Å². The Balaban J connectivity index is 4.91. The van der Waals surface area contributed by atoms with Crippen LogP contribution in [0.15, 0.2) is 23.5 Å². The third kappa shape index (κ3) is 5.96. The van der Waals surface area contributed by atoms with Crippen LogP contribution in [0, 0.1) is 11.5 Å². The van der Waals surface area contributed by atoms with Gasteiger partial charge in [-0.3, -0.25) is 0 Å². The van der Waals surface area contributed by atoms with E-state index >= 15 is 0 Å². The van der Waals surface area contributed by atoms with Crippen LogP contribution in [-0.2, 0) is 0 Å². The van der Waals surface area contributed by atoms with E-state index in [2.05, 4.69) is 30.8 Å². The highest BCUT2D eigenvalue weighted by Gasteiger charge is 2.17. The third-order valence-electron chi connectivity index (χ3n) is 2.26. The van der Waals surface area contributed by atoms with Crippen LogP contribution in [0.4, 0.5) is 0 Å². The third-order valence-corrected chi connectivity index (χ3v) is 2.26. The number of aliphatic hydroxyl groups excluding tert-OH is 1. The molecule has 0 heterocycles. The van der Waals surface area contributed by atoms with Crippen molar-refractivity contribution < 1.29 is 5.11 Å². The van der Waals surface area contributed by atoms with E-state index in [1.807, 2.05) is 19.9 Å². The lowest BCUT2D eigenvalue weighted by molar-refractivity contribution is 0.392. The van der Waals surface area contributed by atoms with Gasteiger partial charge in [-0.1, -0.05) is 24.8 Å². The molecule has 15 heavy (non-hydrogen) atoms. The molecule has 1 unspecified atom stereocenters. The van der Waals surface area contributed by atoms with Crippen molar-refractivity contribution in [3.05, 3.63) is 28.3 Å². The maximum atomic E-state index is 9.30. The highest BCUT2D eigenvalue weighted by molar-refractivity contribution is 5.27. The van der Waals surface area contributed by atoms with Crippen LogP contribution in [0.3, 0.4) is 0 Å². The Morgan fingerprint density at radius 3 is 2.33 bits per heavy atom. The first-order chi connectivity index (χ1) is 6.93. The topological polar surface area (TPSA) is 24.6 Å². The van der Waals surface area contributed by atoms with Crippen LogP contribution in [0.25, 0.3) is 4.85 Å². The number of hydrogen-bond donors (Lipinski definition) is 1. The van der Waals surface area contributed by atoms with E-state index in [0.29, 0.717) is 5.76 Å². The standard InChI is InChI=1S/C13H21NO/c1-6-13(5,9-12(4)15)8-11(3)10-14-7-2/h8-9H,6-7H2,1-5H3/p+1. The van der Waals surface area contributed by atoms with Crippen molar-refractivity contribution in [2.24, 2.45) is 5.41 Å². The zero-order valence-corrected chi connectivity index (χ0v) is 10.5. The van der Waals surface area contributed by atoms with E-state index in [1.54, 1.807) is 6.92 Å². The van der Waals surface area contributed by atoms with Crippen molar-refractivity contribution in [1.82, 2.24) is 0 Å². The predicted octanol–water partition coefficient (Wildman–Crippen LogP) is 4.16. The summed E-state index contributed by atoms with van der Waals surface area (Å²) in [5.41, 5.74) is 0.901. The summed E-state index contributed by atoms with van der Waals surface area (Å²) in [6.45, 7) is 10.6.